The third-order valence-electron chi connectivity index (χ3n) is 4.21. The standard InChI is InChI=1S/C22H22O2/c1-22(2,3)18-13-17(19(23)14-20(18)24)21(16-11-7-8-12-16)15-9-5-4-6-10-15/h4-14,23-24H,1-3H3. The highest BCUT2D eigenvalue weighted by atomic mass is 16.3. The first-order chi connectivity index (χ1) is 11.4. The molecule has 3 rings (SSSR count). The van der Waals surface area contributed by atoms with E-state index in [2.05, 4.69) is 0 Å². The number of phenols is 2. The minimum Gasteiger partial charge on any atom is -0.508 e. The van der Waals surface area contributed by atoms with Crippen LogP contribution in [-0.4, -0.2) is 10.2 Å². The Morgan fingerprint density at radius 2 is 1.46 bits per heavy atom. The summed E-state index contributed by atoms with van der Waals surface area (Å²) in [5, 5.41) is 20.8. The van der Waals surface area contributed by atoms with Gasteiger partial charge in [-0.05, 0) is 28.2 Å². The van der Waals surface area contributed by atoms with Gasteiger partial charge in [0, 0.05) is 17.2 Å². The van der Waals surface area contributed by atoms with Gasteiger partial charge in [0.05, 0.1) is 0 Å². The molecular formula is C22H22O2. The highest BCUT2D eigenvalue weighted by Crippen LogP contribution is 2.41. The van der Waals surface area contributed by atoms with E-state index in [9.17, 15) is 10.2 Å². The lowest BCUT2D eigenvalue weighted by atomic mass is 9.83. The molecule has 2 heteroatoms. The van der Waals surface area contributed by atoms with Gasteiger partial charge < -0.3 is 10.2 Å². The second-order valence-corrected chi connectivity index (χ2v) is 7.05. The van der Waals surface area contributed by atoms with Gasteiger partial charge in [0.2, 0.25) is 0 Å². The number of phenolic OH excluding ortho intramolecular Hbond substituents is 2. The van der Waals surface area contributed by atoms with Gasteiger partial charge in [-0.3, -0.25) is 0 Å². The monoisotopic (exact) mass is 318 g/mol. The molecule has 24 heavy (non-hydrogen) atoms. The summed E-state index contributed by atoms with van der Waals surface area (Å²) in [5.74, 6) is 0.208. The highest BCUT2D eigenvalue weighted by molar-refractivity contribution is 5.89. The fourth-order valence-corrected chi connectivity index (χ4v) is 3.00. The fraction of sp³-hybridized carbons (Fsp3) is 0.182. The van der Waals surface area contributed by atoms with Crippen molar-refractivity contribution in [3.05, 3.63) is 89.0 Å². The highest BCUT2D eigenvalue weighted by Gasteiger charge is 2.23. The van der Waals surface area contributed by atoms with Gasteiger partial charge in [-0.2, -0.15) is 0 Å². The Bertz CT molecular complexity index is 834. The average molecular weight is 318 g/mol. The van der Waals surface area contributed by atoms with E-state index in [4.69, 9.17) is 0 Å². The molecule has 2 aromatic carbocycles. The zero-order valence-electron chi connectivity index (χ0n) is 14.2. The lowest BCUT2D eigenvalue weighted by Crippen LogP contribution is -2.12. The minimum atomic E-state index is -0.222. The van der Waals surface area contributed by atoms with E-state index in [1.807, 2.05) is 81.5 Å². The van der Waals surface area contributed by atoms with Crippen molar-refractivity contribution < 1.29 is 10.2 Å². The van der Waals surface area contributed by atoms with E-state index in [0.29, 0.717) is 0 Å². The molecule has 0 amide bonds. The molecule has 0 heterocycles. The number of hydrogen-bond donors (Lipinski definition) is 2. The first-order valence-electron chi connectivity index (χ1n) is 8.09. The van der Waals surface area contributed by atoms with Crippen LogP contribution in [0.25, 0.3) is 5.57 Å². The molecule has 0 saturated carbocycles. The van der Waals surface area contributed by atoms with E-state index in [1.165, 1.54) is 6.07 Å². The summed E-state index contributed by atoms with van der Waals surface area (Å²) in [6, 6.07) is 13.4. The molecule has 122 valence electrons. The molecule has 0 atom stereocenters. The lowest BCUT2D eigenvalue weighted by molar-refractivity contribution is 0.431. The van der Waals surface area contributed by atoms with Gasteiger partial charge in [-0.25, -0.2) is 0 Å². The number of rotatable bonds is 2. The van der Waals surface area contributed by atoms with E-state index in [1.54, 1.807) is 0 Å². The molecule has 0 aliphatic heterocycles. The lowest BCUT2D eigenvalue weighted by Gasteiger charge is -2.23. The van der Waals surface area contributed by atoms with Gasteiger partial charge in [-0.15, -0.1) is 0 Å². The topological polar surface area (TPSA) is 40.5 Å². The third-order valence-corrected chi connectivity index (χ3v) is 4.21. The van der Waals surface area contributed by atoms with E-state index >= 15 is 0 Å². The van der Waals surface area contributed by atoms with Crippen molar-refractivity contribution in [3.63, 3.8) is 0 Å². The van der Waals surface area contributed by atoms with Gasteiger partial charge in [0.1, 0.15) is 11.5 Å². The predicted molar refractivity (Wildman–Crippen MR) is 99.2 cm³/mol. The zero-order chi connectivity index (χ0) is 17.3. The third kappa shape index (κ3) is 3.00. The largest absolute Gasteiger partial charge is 0.508 e. The van der Waals surface area contributed by atoms with Crippen molar-refractivity contribution in [2.45, 2.75) is 26.2 Å². The maximum atomic E-state index is 10.5. The number of benzene rings is 2. The van der Waals surface area contributed by atoms with E-state index < -0.39 is 0 Å². The maximum Gasteiger partial charge on any atom is 0.127 e. The number of allylic oxidation sites excluding steroid dienone is 5. The smallest absolute Gasteiger partial charge is 0.127 e. The fourth-order valence-electron chi connectivity index (χ4n) is 3.00. The quantitative estimate of drug-likeness (QED) is 0.786. The van der Waals surface area contributed by atoms with Crippen LogP contribution in [0.3, 0.4) is 0 Å². The first kappa shape index (κ1) is 16.1. The molecule has 2 aromatic rings. The van der Waals surface area contributed by atoms with Gasteiger partial charge in [0.15, 0.2) is 0 Å². The Kier molecular flexibility index (Phi) is 4.06. The summed E-state index contributed by atoms with van der Waals surface area (Å²) >= 11 is 0. The van der Waals surface area contributed by atoms with Crippen molar-refractivity contribution >= 4 is 5.57 Å². The van der Waals surface area contributed by atoms with Crippen molar-refractivity contribution in [2.75, 3.05) is 0 Å². The summed E-state index contributed by atoms with van der Waals surface area (Å²) in [6.07, 6.45) is 8.04. The van der Waals surface area contributed by atoms with Crippen LogP contribution in [0.5, 0.6) is 11.5 Å². The molecule has 0 radical (unpaired) electrons. The Hall–Kier alpha value is -2.74. The SMILES string of the molecule is CC(C)(C)c1cc(C(=C2C=CC=C2)c2ccccc2)c(O)cc1O. The van der Waals surface area contributed by atoms with Crippen LogP contribution in [0, 0.1) is 0 Å². The van der Waals surface area contributed by atoms with E-state index in [0.717, 1.165) is 27.8 Å². The second kappa shape index (κ2) is 6.04. The summed E-state index contributed by atoms with van der Waals surface area (Å²) in [4.78, 5) is 0. The average Bonchev–Trinajstić information content (AvgIpc) is 3.03. The summed E-state index contributed by atoms with van der Waals surface area (Å²) < 4.78 is 0. The van der Waals surface area contributed by atoms with Crippen LogP contribution in [0.15, 0.2) is 72.3 Å². The van der Waals surface area contributed by atoms with Gasteiger partial charge in [-0.1, -0.05) is 75.4 Å². The molecule has 0 saturated heterocycles. The Morgan fingerprint density at radius 3 is 2.04 bits per heavy atom. The summed E-state index contributed by atoms with van der Waals surface area (Å²) in [6.45, 7) is 6.15. The number of hydrogen-bond acceptors (Lipinski definition) is 2. The van der Waals surface area contributed by atoms with Crippen molar-refractivity contribution in [3.8, 4) is 11.5 Å². The van der Waals surface area contributed by atoms with Gasteiger partial charge in [0.25, 0.3) is 0 Å². The second-order valence-electron chi connectivity index (χ2n) is 7.05. The molecule has 2 nitrogen and oxygen atoms in total. The number of aromatic hydroxyl groups is 2. The van der Waals surface area contributed by atoms with Crippen molar-refractivity contribution in [2.24, 2.45) is 0 Å². The molecule has 0 bridgehead atoms. The minimum absolute atomic E-state index is 0.0838. The van der Waals surface area contributed by atoms with Crippen LogP contribution in [0.2, 0.25) is 0 Å². The van der Waals surface area contributed by atoms with Crippen molar-refractivity contribution in [1.82, 2.24) is 0 Å². The Morgan fingerprint density at radius 1 is 0.833 bits per heavy atom. The van der Waals surface area contributed by atoms with E-state index in [-0.39, 0.29) is 16.9 Å². The van der Waals surface area contributed by atoms with Crippen LogP contribution in [-0.2, 0) is 5.41 Å². The van der Waals surface area contributed by atoms with Crippen LogP contribution >= 0.6 is 0 Å². The molecule has 0 unspecified atom stereocenters. The Balaban J connectivity index is 2.30. The maximum absolute atomic E-state index is 10.5. The first-order valence-corrected chi connectivity index (χ1v) is 8.09. The van der Waals surface area contributed by atoms with Crippen LogP contribution < -0.4 is 0 Å². The molecular weight excluding hydrogens is 296 g/mol. The zero-order valence-corrected chi connectivity index (χ0v) is 14.2. The normalized spacial score (nSPS) is 13.5. The molecule has 0 fully saturated rings. The van der Waals surface area contributed by atoms with Crippen LogP contribution in [0.1, 0.15) is 37.5 Å². The molecule has 0 spiro atoms. The molecule has 2 N–H and O–H groups in total. The summed E-state index contributed by atoms with van der Waals surface area (Å²) in [7, 11) is 0. The van der Waals surface area contributed by atoms with Gasteiger partial charge >= 0.3 is 0 Å². The molecule has 0 aromatic heterocycles. The predicted octanol–water partition coefficient (Wildman–Crippen LogP) is 5.32. The summed E-state index contributed by atoms with van der Waals surface area (Å²) in [5.41, 5.74) is 4.36. The van der Waals surface area contributed by atoms with Crippen molar-refractivity contribution in [1.29, 1.82) is 0 Å². The molecule has 1 aliphatic rings. The molecule has 1 aliphatic carbocycles. The van der Waals surface area contributed by atoms with Crippen LogP contribution in [0.4, 0.5) is 0 Å². The Labute approximate surface area is 143 Å².